The highest BCUT2D eigenvalue weighted by Gasteiger charge is 2.16. The van der Waals surface area contributed by atoms with Crippen molar-refractivity contribution < 1.29 is 13.5 Å². The third kappa shape index (κ3) is 6.63. The second kappa shape index (κ2) is 7.96. The van der Waals surface area contributed by atoms with E-state index in [-0.39, 0.29) is 10.8 Å². The number of alkyl halides is 2. The molecule has 1 unspecified atom stereocenters. The van der Waals surface area contributed by atoms with Crippen LogP contribution in [0.2, 0.25) is 0 Å². The van der Waals surface area contributed by atoms with Crippen LogP contribution in [-0.2, 0) is 6.54 Å². The molecule has 3 nitrogen and oxygen atoms in total. The predicted octanol–water partition coefficient (Wildman–Crippen LogP) is 3.89. The Morgan fingerprint density at radius 2 is 2.00 bits per heavy atom. The maximum Gasteiger partial charge on any atom is 0.272 e. The van der Waals surface area contributed by atoms with E-state index in [1.54, 1.807) is 24.1 Å². The van der Waals surface area contributed by atoms with Crippen LogP contribution in [0.15, 0.2) is 18.2 Å². The van der Waals surface area contributed by atoms with Gasteiger partial charge in [-0.05, 0) is 51.0 Å². The highest BCUT2D eigenvalue weighted by atomic mass is 32.2. The van der Waals surface area contributed by atoms with Crippen molar-refractivity contribution in [3.8, 4) is 5.75 Å². The summed E-state index contributed by atoms with van der Waals surface area (Å²) in [6, 6.07) is 5.34. The van der Waals surface area contributed by atoms with Crippen LogP contribution in [0.1, 0.15) is 44.9 Å². The van der Waals surface area contributed by atoms with Gasteiger partial charge in [-0.2, -0.15) is 0 Å². The van der Waals surface area contributed by atoms with Crippen molar-refractivity contribution in [2.24, 2.45) is 5.73 Å². The fourth-order valence-electron chi connectivity index (χ4n) is 1.74. The van der Waals surface area contributed by atoms with Crippen LogP contribution in [-0.4, -0.2) is 17.8 Å². The molecule has 21 heavy (non-hydrogen) atoms. The minimum atomic E-state index is -2.48. The topological polar surface area (TPSA) is 47.3 Å². The summed E-state index contributed by atoms with van der Waals surface area (Å²) in [7, 11) is 0. The Labute approximate surface area is 129 Å². The van der Waals surface area contributed by atoms with Gasteiger partial charge in [-0.25, -0.2) is 8.78 Å². The molecule has 0 spiro atoms. The van der Waals surface area contributed by atoms with E-state index in [2.05, 4.69) is 25.5 Å². The van der Waals surface area contributed by atoms with Crippen LogP contribution in [0, 0.1) is 0 Å². The van der Waals surface area contributed by atoms with Crippen LogP contribution >= 0.6 is 11.9 Å². The van der Waals surface area contributed by atoms with E-state index >= 15 is 0 Å². The summed E-state index contributed by atoms with van der Waals surface area (Å²) in [5.74, 6) is 0.442. The predicted molar refractivity (Wildman–Crippen MR) is 84.7 cm³/mol. The molecule has 1 aromatic rings. The smallest absolute Gasteiger partial charge is 0.272 e. The molecule has 0 amide bonds. The molecule has 0 aliphatic carbocycles. The van der Waals surface area contributed by atoms with Gasteiger partial charge in [-0.1, -0.05) is 18.0 Å². The third-order valence-electron chi connectivity index (χ3n) is 2.72. The van der Waals surface area contributed by atoms with E-state index in [0.29, 0.717) is 12.3 Å². The third-order valence-corrected chi connectivity index (χ3v) is 3.81. The number of rotatable bonds is 7. The van der Waals surface area contributed by atoms with Crippen molar-refractivity contribution in [2.45, 2.75) is 51.5 Å². The molecule has 120 valence electrons. The van der Waals surface area contributed by atoms with Gasteiger partial charge in [0.2, 0.25) is 0 Å². The van der Waals surface area contributed by atoms with Crippen LogP contribution in [0.4, 0.5) is 8.78 Å². The Morgan fingerprint density at radius 3 is 2.52 bits per heavy atom. The summed E-state index contributed by atoms with van der Waals surface area (Å²) in [6.45, 7) is 8.16. The zero-order valence-corrected chi connectivity index (χ0v) is 13.8. The van der Waals surface area contributed by atoms with E-state index in [4.69, 9.17) is 10.5 Å². The monoisotopic (exact) mass is 318 g/mol. The number of ether oxygens (including phenoxy) is 1. The van der Waals surface area contributed by atoms with Crippen LogP contribution < -0.4 is 15.2 Å². The molecule has 0 aliphatic rings. The van der Waals surface area contributed by atoms with E-state index in [0.717, 1.165) is 11.1 Å². The molecular weight excluding hydrogens is 294 g/mol. The average molecular weight is 318 g/mol. The lowest BCUT2D eigenvalue weighted by Gasteiger charge is -2.23. The van der Waals surface area contributed by atoms with Crippen LogP contribution in [0.5, 0.6) is 5.75 Å². The second-order valence-electron chi connectivity index (χ2n) is 5.82. The quantitative estimate of drug-likeness (QED) is 0.749. The van der Waals surface area contributed by atoms with Crippen molar-refractivity contribution in [3.05, 3.63) is 29.3 Å². The van der Waals surface area contributed by atoms with Crippen molar-refractivity contribution in [1.82, 2.24) is 4.72 Å². The maximum atomic E-state index is 12.2. The standard InChI is InChI=1S/C15H24F2N2OS/c1-10(19-21-15(2,3)4)13-7-12(20-9-14(16)17)6-5-11(13)8-18/h5-7,10,14,19H,8-9,18H2,1-4H3. The first kappa shape index (κ1) is 18.2. The molecule has 0 fully saturated rings. The van der Waals surface area contributed by atoms with Gasteiger partial charge in [0.25, 0.3) is 6.43 Å². The Bertz CT molecular complexity index is 450. The van der Waals surface area contributed by atoms with E-state index in [9.17, 15) is 8.78 Å². The fourth-order valence-corrected chi connectivity index (χ4v) is 2.40. The summed E-state index contributed by atoms with van der Waals surface area (Å²) in [6.07, 6.45) is -2.48. The van der Waals surface area contributed by atoms with Crippen molar-refractivity contribution in [1.29, 1.82) is 0 Å². The molecule has 6 heteroatoms. The van der Waals surface area contributed by atoms with Gasteiger partial charge in [-0.15, -0.1) is 0 Å². The lowest BCUT2D eigenvalue weighted by atomic mass is 10.0. The van der Waals surface area contributed by atoms with E-state index < -0.39 is 13.0 Å². The molecular formula is C15H24F2N2OS. The number of nitrogens with one attached hydrogen (secondary N) is 1. The molecule has 0 heterocycles. The molecule has 0 bridgehead atoms. The van der Waals surface area contributed by atoms with Gasteiger partial charge in [-0.3, -0.25) is 4.72 Å². The average Bonchev–Trinajstić information content (AvgIpc) is 2.41. The molecule has 1 atom stereocenters. The number of nitrogens with two attached hydrogens (primary N) is 1. The van der Waals surface area contributed by atoms with Gasteiger partial charge in [0.15, 0.2) is 0 Å². The minimum absolute atomic E-state index is 0.0443. The number of hydrogen-bond acceptors (Lipinski definition) is 4. The Morgan fingerprint density at radius 1 is 1.33 bits per heavy atom. The minimum Gasteiger partial charge on any atom is -0.488 e. The van der Waals surface area contributed by atoms with Gasteiger partial charge >= 0.3 is 0 Å². The number of benzene rings is 1. The lowest BCUT2D eigenvalue weighted by Crippen LogP contribution is -2.21. The fraction of sp³-hybridized carbons (Fsp3) is 0.600. The summed E-state index contributed by atoms with van der Waals surface area (Å²) < 4.78 is 33.0. The first-order chi connectivity index (χ1) is 9.73. The van der Waals surface area contributed by atoms with Gasteiger partial charge in [0.05, 0.1) is 0 Å². The SMILES string of the molecule is CC(NSC(C)(C)C)c1cc(OCC(F)F)ccc1CN. The first-order valence-corrected chi connectivity index (χ1v) is 7.72. The lowest BCUT2D eigenvalue weighted by molar-refractivity contribution is 0.0818. The van der Waals surface area contributed by atoms with Gasteiger partial charge in [0.1, 0.15) is 12.4 Å². The molecule has 1 aromatic carbocycles. The number of halogens is 2. The largest absolute Gasteiger partial charge is 0.488 e. The Hall–Kier alpha value is -0.850. The van der Waals surface area contributed by atoms with E-state index in [1.807, 2.05) is 13.0 Å². The van der Waals surface area contributed by atoms with Crippen molar-refractivity contribution in [2.75, 3.05) is 6.61 Å². The molecule has 3 N–H and O–H groups in total. The molecule has 0 radical (unpaired) electrons. The summed E-state index contributed by atoms with van der Waals surface area (Å²) in [4.78, 5) is 0. The maximum absolute atomic E-state index is 12.2. The van der Waals surface area contributed by atoms with E-state index in [1.165, 1.54) is 0 Å². The highest BCUT2D eigenvalue weighted by Crippen LogP contribution is 2.28. The molecule has 0 saturated carbocycles. The first-order valence-electron chi connectivity index (χ1n) is 6.90. The Balaban J connectivity index is 2.83. The normalized spacial score (nSPS) is 13.5. The molecule has 0 saturated heterocycles. The van der Waals surface area contributed by atoms with Crippen LogP contribution in [0.3, 0.4) is 0 Å². The molecule has 1 rings (SSSR count). The van der Waals surface area contributed by atoms with Crippen molar-refractivity contribution in [3.63, 3.8) is 0 Å². The van der Waals surface area contributed by atoms with Gasteiger partial charge < -0.3 is 10.5 Å². The summed E-state index contributed by atoms with van der Waals surface area (Å²) >= 11 is 1.63. The molecule has 0 aliphatic heterocycles. The highest BCUT2D eigenvalue weighted by molar-refractivity contribution is 7.98. The van der Waals surface area contributed by atoms with Gasteiger partial charge in [0, 0.05) is 17.3 Å². The Kier molecular flexibility index (Phi) is 6.90. The number of hydrogen-bond donors (Lipinski definition) is 2. The second-order valence-corrected chi connectivity index (χ2v) is 7.49. The molecule has 0 aromatic heterocycles. The van der Waals surface area contributed by atoms with Crippen LogP contribution in [0.25, 0.3) is 0 Å². The zero-order chi connectivity index (χ0) is 16.0. The zero-order valence-electron chi connectivity index (χ0n) is 13.0. The summed E-state index contributed by atoms with van der Waals surface area (Å²) in [5, 5.41) is 0. The van der Waals surface area contributed by atoms with Crippen molar-refractivity contribution >= 4 is 11.9 Å². The summed E-state index contributed by atoms with van der Waals surface area (Å²) in [5.41, 5.74) is 7.70.